The van der Waals surface area contributed by atoms with E-state index in [1.807, 2.05) is 24.3 Å². The molecule has 0 aliphatic carbocycles. The maximum absolute atomic E-state index is 13.0. The van der Waals surface area contributed by atoms with E-state index in [1.54, 1.807) is 30.7 Å². The van der Waals surface area contributed by atoms with Crippen molar-refractivity contribution in [1.29, 1.82) is 0 Å². The molecule has 4 nitrogen and oxygen atoms in total. The molecular formula is C23H19F3N2O2S. The number of hydrogen-bond donors (Lipinski definition) is 0. The van der Waals surface area contributed by atoms with Gasteiger partial charge in [-0.3, -0.25) is 0 Å². The first-order valence-corrected chi connectivity index (χ1v) is 10.5. The third-order valence-electron chi connectivity index (χ3n) is 4.75. The molecule has 0 saturated heterocycles. The van der Waals surface area contributed by atoms with E-state index in [2.05, 4.69) is 5.10 Å². The van der Waals surface area contributed by atoms with Crippen LogP contribution in [0.25, 0.3) is 15.8 Å². The van der Waals surface area contributed by atoms with Crippen molar-refractivity contribution in [2.45, 2.75) is 26.4 Å². The van der Waals surface area contributed by atoms with Crippen molar-refractivity contribution >= 4 is 27.4 Å². The minimum Gasteiger partial charge on any atom is -0.461 e. The number of esters is 1. The highest BCUT2D eigenvalue weighted by atomic mass is 32.1. The highest BCUT2D eigenvalue weighted by Crippen LogP contribution is 2.34. The van der Waals surface area contributed by atoms with Crippen molar-refractivity contribution < 1.29 is 22.7 Å². The second-order valence-electron chi connectivity index (χ2n) is 7.09. The van der Waals surface area contributed by atoms with Gasteiger partial charge in [-0.1, -0.05) is 30.3 Å². The van der Waals surface area contributed by atoms with Crippen molar-refractivity contribution in [3.05, 3.63) is 82.0 Å². The molecule has 2 heterocycles. The summed E-state index contributed by atoms with van der Waals surface area (Å²) >= 11 is 1.48. The average Bonchev–Trinajstić information content (AvgIpc) is 3.30. The van der Waals surface area contributed by atoms with Crippen molar-refractivity contribution in [1.82, 2.24) is 9.78 Å². The predicted octanol–water partition coefficient (Wildman–Crippen LogP) is 6.18. The first-order valence-electron chi connectivity index (χ1n) is 9.68. The maximum atomic E-state index is 13.0. The number of carbonyl (C=O) groups is 1. The summed E-state index contributed by atoms with van der Waals surface area (Å²) in [6.07, 6.45) is -3.99. The molecule has 0 N–H and O–H groups in total. The fraction of sp³-hybridized carbons (Fsp3) is 0.217. The monoisotopic (exact) mass is 444 g/mol. The summed E-state index contributed by atoms with van der Waals surface area (Å²) in [5.41, 5.74) is 1.68. The summed E-state index contributed by atoms with van der Waals surface area (Å²) in [5, 5.41) is 5.40. The smallest absolute Gasteiger partial charge is 0.416 e. The largest absolute Gasteiger partial charge is 0.461 e. The molecule has 0 amide bonds. The molecule has 8 heteroatoms. The standard InChI is InChI=1S/C23H19F3N2O2S/c1-3-30-22(29)20-10-14(2)27-28(20)19-9-5-7-16-13-18(31-21(16)19)12-15-6-4-8-17(11-15)23(24,25)26/h4-11,13H,3,12H2,1-2H3. The summed E-state index contributed by atoms with van der Waals surface area (Å²) in [5.74, 6) is -0.458. The number of nitrogens with zero attached hydrogens (tertiary/aromatic N) is 2. The molecule has 0 spiro atoms. The molecule has 2 aromatic carbocycles. The van der Waals surface area contributed by atoms with Gasteiger partial charge in [0.1, 0.15) is 0 Å². The van der Waals surface area contributed by atoms with Crippen LogP contribution in [0.15, 0.2) is 54.6 Å². The molecule has 4 aromatic rings. The van der Waals surface area contributed by atoms with Crippen LogP contribution >= 0.6 is 11.3 Å². The SMILES string of the molecule is CCOC(=O)c1cc(C)nn1-c1cccc2cc(Cc3cccc(C(F)(F)F)c3)sc12. The minimum absolute atomic E-state index is 0.257. The zero-order valence-corrected chi connectivity index (χ0v) is 17.7. The molecule has 0 saturated carbocycles. The lowest BCUT2D eigenvalue weighted by Crippen LogP contribution is -2.12. The van der Waals surface area contributed by atoms with Gasteiger partial charge in [-0.05, 0) is 49.1 Å². The van der Waals surface area contributed by atoms with Crippen LogP contribution in [0.2, 0.25) is 0 Å². The molecule has 0 unspecified atom stereocenters. The van der Waals surface area contributed by atoms with Crippen LogP contribution in [0.5, 0.6) is 0 Å². The van der Waals surface area contributed by atoms with E-state index in [4.69, 9.17) is 4.74 Å². The Morgan fingerprint density at radius 1 is 1.13 bits per heavy atom. The fourth-order valence-corrected chi connectivity index (χ4v) is 4.64. The van der Waals surface area contributed by atoms with E-state index in [-0.39, 0.29) is 6.61 Å². The number of benzene rings is 2. The second-order valence-corrected chi connectivity index (χ2v) is 8.22. The van der Waals surface area contributed by atoms with E-state index >= 15 is 0 Å². The van der Waals surface area contributed by atoms with E-state index < -0.39 is 17.7 Å². The Morgan fingerprint density at radius 2 is 1.90 bits per heavy atom. The van der Waals surface area contributed by atoms with Gasteiger partial charge in [-0.15, -0.1) is 11.3 Å². The molecule has 0 aliphatic heterocycles. The first-order chi connectivity index (χ1) is 14.8. The van der Waals surface area contributed by atoms with Crippen LogP contribution in [0.3, 0.4) is 0 Å². The van der Waals surface area contributed by atoms with Gasteiger partial charge in [-0.2, -0.15) is 18.3 Å². The van der Waals surface area contributed by atoms with Crippen LogP contribution in [0, 0.1) is 6.92 Å². The lowest BCUT2D eigenvalue weighted by atomic mass is 10.1. The number of aryl methyl sites for hydroxylation is 1. The van der Waals surface area contributed by atoms with Crippen molar-refractivity contribution in [2.75, 3.05) is 6.61 Å². The maximum Gasteiger partial charge on any atom is 0.416 e. The Bertz CT molecular complexity index is 1260. The lowest BCUT2D eigenvalue weighted by Gasteiger charge is -2.08. The first kappa shape index (κ1) is 21.1. The number of halogens is 3. The zero-order valence-electron chi connectivity index (χ0n) is 16.9. The number of thiophene rings is 1. The molecule has 0 aliphatic rings. The molecule has 0 fully saturated rings. The topological polar surface area (TPSA) is 44.1 Å². The molecule has 31 heavy (non-hydrogen) atoms. The summed E-state index contributed by atoms with van der Waals surface area (Å²) in [4.78, 5) is 13.3. The van der Waals surface area contributed by atoms with Crippen LogP contribution in [-0.2, 0) is 17.3 Å². The molecule has 0 bridgehead atoms. The van der Waals surface area contributed by atoms with E-state index in [9.17, 15) is 18.0 Å². The number of alkyl halides is 3. The van der Waals surface area contributed by atoms with Gasteiger partial charge in [0, 0.05) is 11.3 Å². The minimum atomic E-state index is -4.37. The average molecular weight is 444 g/mol. The van der Waals surface area contributed by atoms with Crippen LogP contribution in [-0.4, -0.2) is 22.4 Å². The Balaban J connectivity index is 1.73. The third kappa shape index (κ3) is 4.34. The Morgan fingerprint density at radius 3 is 2.65 bits per heavy atom. The molecule has 0 atom stereocenters. The summed E-state index contributed by atoms with van der Waals surface area (Å²) in [7, 11) is 0. The number of fused-ring (bicyclic) bond motifs is 1. The predicted molar refractivity (Wildman–Crippen MR) is 114 cm³/mol. The number of hydrogen-bond acceptors (Lipinski definition) is 4. The summed E-state index contributed by atoms with van der Waals surface area (Å²) < 4.78 is 46.7. The lowest BCUT2D eigenvalue weighted by molar-refractivity contribution is -0.137. The third-order valence-corrected chi connectivity index (χ3v) is 5.92. The number of rotatable bonds is 5. The zero-order chi connectivity index (χ0) is 22.2. The summed E-state index contributed by atoms with van der Waals surface area (Å²) in [6.45, 7) is 3.80. The van der Waals surface area contributed by atoms with Gasteiger partial charge in [0.2, 0.25) is 0 Å². The van der Waals surface area contributed by atoms with Gasteiger partial charge >= 0.3 is 12.1 Å². The van der Waals surface area contributed by atoms with Gasteiger partial charge in [-0.25, -0.2) is 9.48 Å². The Labute approximate surface area is 180 Å². The van der Waals surface area contributed by atoms with Gasteiger partial charge < -0.3 is 4.74 Å². The molecule has 0 radical (unpaired) electrons. The van der Waals surface area contributed by atoms with Crippen molar-refractivity contribution in [3.8, 4) is 5.69 Å². The van der Waals surface area contributed by atoms with Gasteiger partial charge in [0.25, 0.3) is 0 Å². The molecule has 160 valence electrons. The highest BCUT2D eigenvalue weighted by molar-refractivity contribution is 7.19. The van der Waals surface area contributed by atoms with Gasteiger partial charge in [0.15, 0.2) is 5.69 Å². The van der Waals surface area contributed by atoms with Gasteiger partial charge in [0.05, 0.1) is 28.3 Å². The van der Waals surface area contributed by atoms with Crippen molar-refractivity contribution in [3.63, 3.8) is 0 Å². The number of aromatic nitrogens is 2. The Kier molecular flexibility index (Phi) is 5.58. The number of carbonyl (C=O) groups excluding carboxylic acids is 1. The number of ether oxygens (including phenoxy) is 1. The Hall–Kier alpha value is -3.13. The normalized spacial score (nSPS) is 11.8. The van der Waals surface area contributed by atoms with E-state index in [0.29, 0.717) is 23.4 Å². The molecular weight excluding hydrogens is 425 g/mol. The quantitative estimate of drug-likeness (QED) is 0.345. The van der Waals surface area contributed by atoms with Crippen LogP contribution < -0.4 is 0 Å². The summed E-state index contributed by atoms with van der Waals surface area (Å²) in [6, 6.07) is 14.7. The van der Waals surface area contributed by atoms with Crippen LogP contribution in [0.1, 0.15) is 39.1 Å². The molecule has 2 aromatic heterocycles. The fourth-order valence-electron chi connectivity index (χ4n) is 3.45. The molecule has 4 rings (SSSR count). The van der Waals surface area contributed by atoms with E-state index in [0.717, 1.165) is 26.7 Å². The second kappa shape index (κ2) is 8.19. The van der Waals surface area contributed by atoms with E-state index in [1.165, 1.54) is 23.5 Å². The van der Waals surface area contributed by atoms with Crippen LogP contribution in [0.4, 0.5) is 13.2 Å². The highest BCUT2D eigenvalue weighted by Gasteiger charge is 2.30. The van der Waals surface area contributed by atoms with Crippen molar-refractivity contribution in [2.24, 2.45) is 0 Å².